The molecule has 2 aliphatic heterocycles. The molecule has 6 heteroatoms. The molecule has 1 N–H and O–H groups in total. The highest BCUT2D eigenvalue weighted by Crippen LogP contribution is 2.32. The van der Waals surface area contributed by atoms with Crippen LogP contribution in [0.1, 0.15) is 49.9 Å². The van der Waals surface area contributed by atoms with E-state index in [0.717, 1.165) is 38.6 Å². The maximum atomic E-state index is 14.6. The second kappa shape index (κ2) is 6.61. The summed E-state index contributed by atoms with van der Waals surface area (Å²) in [5.41, 5.74) is 1.24. The largest absolute Gasteiger partial charge is 0.357 e. The molecule has 2 saturated heterocycles. The standard InChI is InChI=1S/C18H21F2N3O/c19-17-13(6-7-14(18(17)20)15-4-3-8-21-15)12-10-22-23(11-12)16-5-1-2-9-24-16/h6-7,10-11,15-16,21H,1-5,8-9H2. The first-order chi connectivity index (χ1) is 11.7. The van der Waals surface area contributed by atoms with Crippen molar-refractivity contribution < 1.29 is 13.5 Å². The summed E-state index contributed by atoms with van der Waals surface area (Å²) in [6.45, 7) is 1.56. The molecule has 1 aromatic carbocycles. The van der Waals surface area contributed by atoms with Crippen LogP contribution in [-0.4, -0.2) is 22.9 Å². The third kappa shape index (κ3) is 2.84. The first-order valence-electron chi connectivity index (χ1n) is 8.61. The van der Waals surface area contributed by atoms with Crippen LogP contribution in [0.4, 0.5) is 8.78 Å². The summed E-state index contributed by atoms with van der Waals surface area (Å²) in [5, 5.41) is 7.48. The van der Waals surface area contributed by atoms with Crippen LogP contribution >= 0.6 is 0 Å². The topological polar surface area (TPSA) is 39.1 Å². The summed E-state index contributed by atoms with van der Waals surface area (Å²) in [6, 6.07) is 3.24. The molecule has 3 heterocycles. The number of nitrogens with one attached hydrogen (secondary N) is 1. The van der Waals surface area contributed by atoms with E-state index in [-0.39, 0.29) is 17.8 Å². The van der Waals surface area contributed by atoms with Gasteiger partial charge in [0.15, 0.2) is 11.6 Å². The van der Waals surface area contributed by atoms with Gasteiger partial charge in [-0.05, 0) is 38.6 Å². The minimum Gasteiger partial charge on any atom is -0.357 e. The molecule has 1 aromatic heterocycles. The fourth-order valence-electron chi connectivity index (χ4n) is 3.57. The molecule has 0 bridgehead atoms. The van der Waals surface area contributed by atoms with Crippen LogP contribution in [0, 0.1) is 11.6 Å². The second-order valence-electron chi connectivity index (χ2n) is 6.51. The van der Waals surface area contributed by atoms with Crippen LogP contribution in [-0.2, 0) is 4.74 Å². The average Bonchev–Trinajstić information content (AvgIpc) is 3.30. The smallest absolute Gasteiger partial charge is 0.167 e. The fraction of sp³-hybridized carbons (Fsp3) is 0.500. The van der Waals surface area contributed by atoms with E-state index in [0.29, 0.717) is 17.7 Å². The van der Waals surface area contributed by atoms with Crippen molar-refractivity contribution in [3.05, 3.63) is 41.7 Å². The van der Waals surface area contributed by atoms with Crippen molar-refractivity contribution in [2.45, 2.75) is 44.4 Å². The normalized spacial score (nSPS) is 24.4. The molecule has 2 fully saturated rings. The molecule has 2 aliphatic rings. The molecule has 0 spiro atoms. The number of hydrogen-bond donors (Lipinski definition) is 1. The molecule has 2 aromatic rings. The van der Waals surface area contributed by atoms with Crippen molar-refractivity contribution in [2.75, 3.05) is 13.2 Å². The van der Waals surface area contributed by atoms with Gasteiger partial charge in [-0.15, -0.1) is 0 Å². The summed E-state index contributed by atoms with van der Waals surface area (Å²) in [7, 11) is 0. The molecular weight excluding hydrogens is 312 g/mol. The fourth-order valence-corrected chi connectivity index (χ4v) is 3.57. The Kier molecular flexibility index (Phi) is 4.33. The highest BCUT2D eigenvalue weighted by Gasteiger charge is 2.24. The first kappa shape index (κ1) is 15.7. The van der Waals surface area contributed by atoms with Crippen molar-refractivity contribution in [1.82, 2.24) is 15.1 Å². The number of aromatic nitrogens is 2. The van der Waals surface area contributed by atoms with Crippen LogP contribution in [0.2, 0.25) is 0 Å². The van der Waals surface area contributed by atoms with Crippen LogP contribution in [0.15, 0.2) is 24.5 Å². The van der Waals surface area contributed by atoms with Crippen LogP contribution in [0.5, 0.6) is 0 Å². The maximum absolute atomic E-state index is 14.6. The van der Waals surface area contributed by atoms with E-state index in [2.05, 4.69) is 10.4 Å². The van der Waals surface area contributed by atoms with Crippen LogP contribution < -0.4 is 5.32 Å². The highest BCUT2D eigenvalue weighted by atomic mass is 19.2. The van der Waals surface area contributed by atoms with Crippen LogP contribution in [0.25, 0.3) is 11.1 Å². The van der Waals surface area contributed by atoms with Crippen LogP contribution in [0.3, 0.4) is 0 Å². The minimum atomic E-state index is -0.801. The summed E-state index contributed by atoms with van der Waals surface area (Å²) in [6.07, 6.45) is 8.07. The Balaban J connectivity index is 1.62. The predicted octanol–water partition coefficient (Wildman–Crippen LogP) is 3.95. The number of nitrogens with zero attached hydrogens (tertiary/aromatic N) is 2. The van der Waals surface area contributed by atoms with E-state index in [1.165, 1.54) is 0 Å². The monoisotopic (exact) mass is 333 g/mol. The summed E-state index contributed by atoms with van der Waals surface area (Å²) >= 11 is 0. The lowest BCUT2D eigenvalue weighted by molar-refractivity contribution is -0.0394. The Morgan fingerprint density at radius 3 is 2.79 bits per heavy atom. The Morgan fingerprint density at radius 2 is 2.04 bits per heavy atom. The molecule has 0 aliphatic carbocycles. The lowest BCUT2D eigenvalue weighted by atomic mass is 10.00. The minimum absolute atomic E-state index is 0.0908. The molecule has 2 atom stereocenters. The van der Waals surface area contributed by atoms with Crippen molar-refractivity contribution in [3.63, 3.8) is 0 Å². The third-order valence-corrected chi connectivity index (χ3v) is 4.91. The zero-order valence-electron chi connectivity index (χ0n) is 13.5. The van der Waals surface area contributed by atoms with Gasteiger partial charge >= 0.3 is 0 Å². The van der Waals surface area contributed by atoms with Gasteiger partial charge in [0.1, 0.15) is 6.23 Å². The zero-order chi connectivity index (χ0) is 16.5. The van der Waals surface area contributed by atoms with E-state index >= 15 is 0 Å². The van der Waals surface area contributed by atoms with E-state index in [1.54, 1.807) is 29.2 Å². The molecule has 0 amide bonds. The van der Waals surface area contributed by atoms with E-state index in [4.69, 9.17) is 4.74 Å². The van der Waals surface area contributed by atoms with Crippen molar-refractivity contribution in [2.24, 2.45) is 0 Å². The first-order valence-corrected chi connectivity index (χ1v) is 8.61. The van der Waals surface area contributed by atoms with Gasteiger partial charge in [0, 0.05) is 35.5 Å². The van der Waals surface area contributed by atoms with E-state index in [9.17, 15) is 8.78 Å². The molecule has 24 heavy (non-hydrogen) atoms. The number of halogens is 2. The molecule has 4 rings (SSSR count). The molecule has 4 nitrogen and oxygen atoms in total. The maximum Gasteiger partial charge on any atom is 0.167 e. The Labute approximate surface area is 139 Å². The van der Waals surface area contributed by atoms with Gasteiger partial charge in [-0.2, -0.15) is 5.10 Å². The summed E-state index contributed by atoms with van der Waals surface area (Å²) < 4.78 is 36.5. The van der Waals surface area contributed by atoms with Gasteiger partial charge in [-0.3, -0.25) is 0 Å². The van der Waals surface area contributed by atoms with Crippen molar-refractivity contribution in [1.29, 1.82) is 0 Å². The molecular formula is C18H21F2N3O. The third-order valence-electron chi connectivity index (χ3n) is 4.91. The molecule has 128 valence electrons. The molecule has 2 unspecified atom stereocenters. The molecule has 0 saturated carbocycles. The zero-order valence-corrected chi connectivity index (χ0v) is 13.5. The number of rotatable bonds is 3. The van der Waals surface area contributed by atoms with Gasteiger partial charge in [0.25, 0.3) is 0 Å². The number of ether oxygens (including phenoxy) is 1. The van der Waals surface area contributed by atoms with Gasteiger partial charge < -0.3 is 10.1 Å². The summed E-state index contributed by atoms with van der Waals surface area (Å²) in [4.78, 5) is 0. The van der Waals surface area contributed by atoms with E-state index in [1.807, 2.05) is 0 Å². The van der Waals surface area contributed by atoms with Gasteiger partial charge in [-0.25, -0.2) is 13.5 Å². The lowest BCUT2D eigenvalue weighted by Crippen LogP contribution is -2.18. The number of hydrogen-bond acceptors (Lipinski definition) is 3. The number of benzene rings is 1. The van der Waals surface area contributed by atoms with Crippen molar-refractivity contribution in [3.8, 4) is 11.1 Å². The summed E-state index contributed by atoms with van der Waals surface area (Å²) in [5.74, 6) is -1.56. The molecule has 0 radical (unpaired) electrons. The Morgan fingerprint density at radius 1 is 1.12 bits per heavy atom. The SMILES string of the molecule is Fc1c(-c2cnn(C3CCCCO3)c2)ccc(C2CCCN2)c1F. The quantitative estimate of drug-likeness (QED) is 0.924. The van der Waals surface area contributed by atoms with E-state index < -0.39 is 11.6 Å². The highest BCUT2D eigenvalue weighted by molar-refractivity contribution is 5.63. The predicted molar refractivity (Wildman–Crippen MR) is 86.4 cm³/mol. The average molecular weight is 333 g/mol. The van der Waals surface area contributed by atoms with Gasteiger partial charge in [0.2, 0.25) is 0 Å². The van der Waals surface area contributed by atoms with Crippen molar-refractivity contribution >= 4 is 0 Å². The second-order valence-corrected chi connectivity index (χ2v) is 6.51. The Bertz CT molecular complexity index is 719. The lowest BCUT2D eigenvalue weighted by Gasteiger charge is -2.22. The van der Waals surface area contributed by atoms with Gasteiger partial charge in [-0.1, -0.05) is 12.1 Å². The van der Waals surface area contributed by atoms with Gasteiger partial charge in [0.05, 0.1) is 6.20 Å². The Hall–Kier alpha value is -1.79.